The Morgan fingerprint density at radius 2 is 2.27 bits per heavy atom. The summed E-state index contributed by atoms with van der Waals surface area (Å²) in [5.41, 5.74) is 0. The molecule has 3 nitrogen and oxygen atoms in total. The third-order valence-corrected chi connectivity index (χ3v) is 3.15. The van der Waals surface area contributed by atoms with Crippen molar-refractivity contribution in [3.8, 4) is 0 Å². The van der Waals surface area contributed by atoms with Crippen molar-refractivity contribution >= 4 is 41.3 Å². The fourth-order valence-electron chi connectivity index (χ4n) is 1.09. The molecule has 0 bridgehead atoms. The van der Waals surface area contributed by atoms with Gasteiger partial charge in [-0.25, -0.2) is 0 Å². The average Bonchev–Trinajstić information content (AvgIpc) is 2.52. The second-order valence-electron chi connectivity index (χ2n) is 2.96. The van der Waals surface area contributed by atoms with Crippen LogP contribution in [-0.4, -0.2) is 19.5 Å². The number of carbonyl (C=O) groups excluding carboxylic acids is 1. The Morgan fingerprint density at radius 3 is 2.73 bits per heavy atom. The quantitative estimate of drug-likeness (QED) is 0.880. The van der Waals surface area contributed by atoms with Gasteiger partial charge < -0.3 is 10.6 Å². The standard InChI is InChI=1S/C9H13ClN2OS.ClH/c1-6(12-9(13)5-11-2)7-3-4-8(10)14-7;/h3-4,6,11H,5H2,1-2H3,(H,12,13);1H. The van der Waals surface area contributed by atoms with E-state index in [0.29, 0.717) is 6.54 Å². The van der Waals surface area contributed by atoms with Crippen LogP contribution in [0.15, 0.2) is 12.1 Å². The summed E-state index contributed by atoms with van der Waals surface area (Å²) >= 11 is 7.28. The van der Waals surface area contributed by atoms with Crippen LogP contribution in [0.4, 0.5) is 0 Å². The number of hydrogen-bond donors (Lipinski definition) is 2. The van der Waals surface area contributed by atoms with E-state index in [1.807, 2.05) is 19.1 Å². The molecule has 1 atom stereocenters. The molecular weight excluding hydrogens is 255 g/mol. The van der Waals surface area contributed by atoms with Crippen molar-refractivity contribution in [2.45, 2.75) is 13.0 Å². The van der Waals surface area contributed by atoms with Gasteiger partial charge in [0.1, 0.15) is 0 Å². The molecule has 1 aromatic rings. The molecule has 86 valence electrons. The molecule has 0 aliphatic rings. The van der Waals surface area contributed by atoms with Gasteiger partial charge in [0, 0.05) is 4.88 Å². The number of amides is 1. The van der Waals surface area contributed by atoms with Gasteiger partial charge in [0.2, 0.25) is 5.91 Å². The van der Waals surface area contributed by atoms with Gasteiger partial charge in [0.25, 0.3) is 0 Å². The minimum absolute atomic E-state index is 0. The molecule has 1 unspecified atom stereocenters. The first kappa shape index (κ1) is 14.7. The predicted molar refractivity (Wildman–Crippen MR) is 67.1 cm³/mol. The summed E-state index contributed by atoms with van der Waals surface area (Å²) in [5, 5.41) is 5.66. The smallest absolute Gasteiger partial charge is 0.234 e. The molecule has 1 amide bonds. The Morgan fingerprint density at radius 1 is 1.60 bits per heavy atom. The number of rotatable bonds is 4. The van der Waals surface area contributed by atoms with Crippen LogP contribution in [0.3, 0.4) is 0 Å². The zero-order valence-corrected chi connectivity index (χ0v) is 10.9. The fraction of sp³-hybridized carbons (Fsp3) is 0.444. The van der Waals surface area contributed by atoms with Crippen LogP contribution in [0.5, 0.6) is 0 Å². The normalized spacial score (nSPS) is 11.7. The van der Waals surface area contributed by atoms with Crippen molar-refractivity contribution in [3.63, 3.8) is 0 Å². The zero-order valence-electron chi connectivity index (χ0n) is 8.54. The van der Waals surface area contributed by atoms with E-state index in [1.54, 1.807) is 7.05 Å². The molecule has 2 N–H and O–H groups in total. The van der Waals surface area contributed by atoms with E-state index in [0.717, 1.165) is 9.21 Å². The summed E-state index contributed by atoms with van der Waals surface area (Å²) in [7, 11) is 1.74. The molecule has 0 aromatic carbocycles. The topological polar surface area (TPSA) is 41.1 Å². The lowest BCUT2D eigenvalue weighted by Crippen LogP contribution is -2.33. The molecule has 1 heterocycles. The van der Waals surface area contributed by atoms with Crippen molar-refractivity contribution in [2.24, 2.45) is 0 Å². The maximum Gasteiger partial charge on any atom is 0.234 e. The number of likely N-dealkylation sites (N-methyl/N-ethyl adjacent to an activating group) is 1. The second-order valence-corrected chi connectivity index (χ2v) is 4.71. The van der Waals surface area contributed by atoms with Gasteiger partial charge in [-0.3, -0.25) is 4.79 Å². The Bertz CT molecular complexity index is 317. The summed E-state index contributed by atoms with van der Waals surface area (Å²) in [6.07, 6.45) is 0. The highest BCUT2D eigenvalue weighted by atomic mass is 35.5. The van der Waals surface area contributed by atoms with Gasteiger partial charge in [-0.1, -0.05) is 11.6 Å². The van der Waals surface area contributed by atoms with E-state index in [2.05, 4.69) is 10.6 Å². The number of halogens is 2. The molecule has 15 heavy (non-hydrogen) atoms. The van der Waals surface area contributed by atoms with Gasteiger partial charge in [-0.05, 0) is 26.1 Å². The molecule has 0 spiro atoms. The average molecular weight is 269 g/mol. The van der Waals surface area contributed by atoms with Crippen molar-refractivity contribution in [3.05, 3.63) is 21.3 Å². The largest absolute Gasteiger partial charge is 0.348 e. The maximum atomic E-state index is 11.2. The van der Waals surface area contributed by atoms with Gasteiger partial charge in [-0.15, -0.1) is 23.7 Å². The third-order valence-electron chi connectivity index (χ3n) is 1.74. The Kier molecular flexibility index (Phi) is 6.92. The van der Waals surface area contributed by atoms with Crippen LogP contribution < -0.4 is 10.6 Å². The summed E-state index contributed by atoms with van der Waals surface area (Å²) in [6, 6.07) is 3.79. The number of carbonyl (C=O) groups is 1. The molecule has 6 heteroatoms. The third kappa shape index (κ3) is 4.84. The number of nitrogens with one attached hydrogen (secondary N) is 2. The van der Waals surface area contributed by atoms with E-state index in [1.165, 1.54) is 11.3 Å². The second kappa shape index (κ2) is 7.06. The SMILES string of the molecule is CNCC(=O)NC(C)c1ccc(Cl)s1.Cl. The summed E-state index contributed by atoms with van der Waals surface area (Å²) < 4.78 is 0.745. The fourth-order valence-corrected chi connectivity index (χ4v) is 2.15. The number of hydrogen-bond acceptors (Lipinski definition) is 3. The zero-order chi connectivity index (χ0) is 10.6. The Labute approximate surface area is 105 Å². The van der Waals surface area contributed by atoms with Crippen LogP contribution in [-0.2, 0) is 4.79 Å². The summed E-state index contributed by atoms with van der Waals surface area (Å²) in [4.78, 5) is 12.3. The first-order valence-corrected chi connectivity index (χ1v) is 5.52. The highest BCUT2D eigenvalue weighted by Crippen LogP contribution is 2.26. The van der Waals surface area contributed by atoms with Gasteiger partial charge in [0.05, 0.1) is 16.9 Å². The molecule has 0 radical (unpaired) electrons. The van der Waals surface area contributed by atoms with E-state index in [9.17, 15) is 4.79 Å². The highest BCUT2D eigenvalue weighted by molar-refractivity contribution is 7.16. The lowest BCUT2D eigenvalue weighted by atomic mass is 10.3. The van der Waals surface area contributed by atoms with Crippen LogP contribution in [0, 0.1) is 0 Å². The summed E-state index contributed by atoms with van der Waals surface area (Å²) in [5.74, 6) is -0.00970. The molecule has 0 saturated heterocycles. The molecule has 0 aliphatic heterocycles. The number of thiophene rings is 1. The van der Waals surface area contributed by atoms with Gasteiger partial charge >= 0.3 is 0 Å². The molecular formula is C9H14Cl2N2OS. The van der Waals surface area contributed by atoms with E-state index in [4.69, 9.17) is 11.6 Å². The highest BCUT2D eigenvalue weighted by Gasteiger charge is 2.10. The molecule has 0 fully saturated rings. The van der Waals surface area contributed by atoms with E-state index >= 15 is 0 Å². The Balaban J connectivity index is 0.00000196. The lowest BCUT2D eigenvalue weighted by molar-refractivity contribution is -0.120. The van der Waals surface area contributed by atoms with E-state index in [-0.39, 0.29) is 24.4 Å². The van der Waals surface area contributed by atoms with E-state index < -0.39 is 0 Å². The van der Waals surface area contributed by atoms with Gasteiger partial charge in [-0.2, -0.15) is 0 Å². The molecule has 1 aromatic heterocycles. The molecule has 0 saturated carbocycles. The molecule has 0 aliphatic carbocycles. The van der Waals surface area contributed by atoms with Crippen LogP contribution in [0.25, 0.3) is 0 Å². The van der Waals surface area contributed by atoms with Crippen LogP contribution in [0.2, 0.25) is 4.34 Å². The first-order chi connectivity index (χ1) is 6.63. The van der Waals surface area contributed by atoms with Gasteiger partial charge in [0.15, 0.2) is 0 Å². The monoisotopic (exact) mass is 268 g/mol. The minimum atomic E-state index is -0.00970. The van der Waals surface area contributed by atoms with Crippen LogP contribution >= 0.6 is 35.3 Å². The predicted octanol–water partition coefficient (Wildman–Crippen LogP) is 2.22. The van der Waals surface area contributed by atoms with Crippen molar-refractivity contribution in [2.75, 3.05) is 13.6 Å². The van der Waals surface area contributed by atoms with Crippen molar-refractivity contribution in [1.82, 2.24) is 10.6 Å². The van der Waals surface area contributed by atoms with Crippen molar-refractivity contribution in [1.29, 1.82) is 0 Å². The lowest BCUT2D eigenvalue weighted by Gasteiger charge is -2.11. The van der Waals surface area contributed by atoms with Crippen LogP contribution in [0.1, 0.15) is 17.8 Å². The summed E-state index contributed by atoms with van der Waals surface area (Å²) in [6.45, 7) is 2.28. The Hall–Kier alpha value is -0.290. The maximum absolute atomic E-state index is 11.2. The van der Waals surface area contributed by atoms with Crippen molar-refractivity contribution < 1.29 is 4.79 Å². The first-order valence-electron chi connectivity index (χ1n) is 4.32. The minimum Gasteiger partial charge on any atom is -0.348 e. The molecule has 1 rings (SSSR count).